The molecule has 0 unspecified atom stereocenters. The second kappa shape index (κ2) is 16.6. The number of hydrogen-bond acceptors (Lipinski definition) is 6. The summed E-state index contributed by atoms with van der Waals surface area (Å²) in [5.41, 5.74) is -0.352. The fourth-order valence-corrected chi connectivity index (χ4v) is 7.22. The van der Waals surface area contributed by atoms with Crippen molar-refractivity contribution in [2.45, 2.75) is 212 Å². The van der Waals surface area contributed by atoms with Crippen LogP contribution < -0.4 is 0 Å². The van der Waals surface area contributed by atoms with E-state index in [-0.39, 0.29) is 34.1 Å². The maximum Gasteiger partial charge on any atom is 0.325 e. The first-order chi connectivity index (χ1) is 19.2. The standard InChI is InChI=1S/C35H66N2O4/c1-32(2)26-22-27-33(3,4)36(32)40-30(38)24-20-18-16-14-12-10-9-11-13-15-17-19-21-25-31(39)41-37-34(5,6)28-23-29-35(37,7)8/h9-29H2,1-8H3. The third kappa shape index (κ3) is 12.6. The van der Waals surface area contributed by atoms with Crippen molar-refractivity contribution >= 4 is 11.9 Å². The summed E-state index contributed by atoms with van der Waals surface area (Å²) >= 11 is 0. The van der Waals surface area contributed by atoms with Gasteiger partial charge in [-0.1, -0.05) is 70.6 Å². The molecule has 2 rings (SSSR count). The number of hydrogen-bond donors (Lipinski definition) is 0. The van der Waals surface area contributed by atoms with E-state index in [1.165, 1.54) is 70.6 Å². The maximum absolute atomic E-state index is 12.5. The molecule has 0 aliphatic carbocycles. The second-order valence-electron chi connectivity index (χ2n) is 15.6. The predicted octanol–water partition coefficient (Wildman–Crippen LogP) is 9.84. The van der Waals surface area contributed by atoms with E-state index >= 15 is 0 Å². The number of hydroxylamine groups is 4. The summed E-state index contributed by atoms with van der Waals surface area (Å²) in [6, 6.07) is 0. The summed E-state index contributed by atoms with van der Waals surface area (Å²) in [5, 5.41) is 3.94. The summed E-state index contributed by atoms with van der Waals surface area (Å²) in [6.45, 7) is 17.4. The number of piperidine rings is 2. The third-order valence-electron chi connectivity index (χ3n) is 9.50. The molecule has 0 amide bonds. The van der Waals surface area contributed by atoms with E-state index in [0.717, 1.165) is 51.4 Å². The lowest BCUT2D eigenvalue weighted by Gasteiger charge is -2.50. The van der Waals surface area contributed by atoms with Gasteiger partial charge in [-0.05, 0) is 107 Å². The van der Waals surface area contributed by atoms with E-state index in [2.05, 4.69) is 55.4 Å². The van der Waals surface area contributed by atoms with Gasteiger partial charge in [-0.2, -0.15) is 0 Å². The molecule has 6 nitrogen and oxygen atoms in total. The Morgan fingerprint density at radius 2 is 0.659 bits per heavy atom. The van der Waals surface area contributed by atoms with E-state index in [9.17, 15) is 9.59 Å². The van der Waals surface area contributed by atoms with Crippen LogP contribution >= 0.6 is 0 Å². The van der Waals surface area contributed by atoms with Gasteiger partial charge in [0.05, 0.1) is 22.2 Å². The molecule has 6 heteroatoms. The summed E-state index contributed by atoms with van der Waals surface area (Å²) < 4.78 is 0. The third-order valence-corrected chi connectivity index (χ3v) is 9.50. The minimum absolute atomic E-state index is 0.0708. The normalized spacial score (nSPS) is 21.9. The highest BCUT2D eigenvalue weighted by atomic mass is 16.7. The van der Waals surface area contributed by atoms with Gasteiger partial charge < -0.3 is 9.68 Å². The first-order valence-electron chi connectivity index (χ1n) is 17.2. The molecule has 0 aromatic rings. The van der Waals surface area contributed by atoms with Crippen LogP contribution in [-0.4, -0.2) is 44.2 Å². The number of nitrogens with zero attached hydrogens (tertiary/aromatic N) is 2. The van der Waals surface area contributed by atoms with Crippen LogP contribution in [0.3, 0.4) is 0 Å². The lowest BCUT2D eigenvalue weighted by atomic mass is 9.82. The lowest BCUT2D eigenvalue weighted by molar-refractivity contribution is -0.265. The Labute approximate surface area is 253 Å². The van der Waals surface area contributed by atoms with Crippen molar-refractivity contribution in [1.82, 2.24) is 10.1 Å². The molecule has 0 spiro atoms. The molecule has 2 heterocycles. The SMILES string of the molecule is CC1(C)CCCC(C)(C)N1OC(=O)CCCCCCCCCCCCCCCC(=O)ON1C(C)(C)CCCC1(C)C. The van der Waals surface area contributed by atoms with Gasteiger partial charge in [0.15, 0.2) is 0 Å². The van der Waals surface area contributed by atoms with Crippen molar-refractivity contribution in [2.75, 3.05) is 0 Å². The summed E-state index contributed by atoms with van der Waals surface area (Å²) in [5.74, 6) is -0.142. The highest BCUT2D eigenvalue weighted by molar-refractivity contribution is 5.69. The van der Waals surface area contributed by atoms with Gasteiger partial charge in [-0.15, -0.1) is 10.1 Å². The fourth-order valence-electron chi connectivity index (χ4n) is 7.22. The van der Waals surface area contributed by atoms with Gasteiger partial charge in [0.1, 0.15) is 0 Å². The highest BCUT2D eigenvalue weighted by Gasteiger charge is 2.45. The quantitative estimate of drug-likeness (QED) is 0.151. The van der Waals surface area contributed by atoms with Gasteiger partial charge in [-0.3, -0.25) is 9.59 Å². The molecule has 0 aromatic heterocycles. The van der Waals surface area contributed by atoms with Crippen molar-refractivity contribution in [3.8, 4) is 0 Å². The first kappa shape index (κ1) is 36.1. The number of unbranched alkanes of at least 4 members (excludes halogenated alkanes) is 12. The van der Waals surface area contributed by atoms with E-state index < -0.39 is 0 Å². The summed E-state index contributed by atoms with van der Waals surface area (Å²) in [6.07, 6.45) is 23.3. The second-order valence-corrected chi connectivity index (χ2v) is 15.6. The average molecular weight is 579 g/mol. The first-order valence-corrected chi connectivity index (χ1v) is 17.2. The van der Waals surface area contributed by atoms with Crippen LogP contribution in [0.25, 0.3) is 0 Å². The van der Waals surface area contributed by atoms with E-state index in [4.69, 9.17) is 9.68 Å². The van der Waals surface area contributed by atoms with Crippen LogP contribution in [0.4, 0.5) is 0 Å². The van der Waals surface area contributed by atoms with Crippen molar-refractivity contribution in [3.63, 3.8) is 0 Å². The Balaban J connectivity index is 1.39. The smallest absolute Gasteiger partial charge is 0.325 e. The molecule has 2 fully saturated rings. The van der Waals surface area contributed by atoms with Crippen LogP contribution in [0.5, 0.6) is 0 Å². The van der Waals surface area contributed by atoms with Gasteiger partial charge in [0.25, 0.3) is 0 Å². The molecule has 0 bridgehead atoms. The number of carbonyl (C=O) groups is 2. The van der Waals surface area contributed by atoms with Crippen molar-refractivity contribution in [1.29, 1.82) is 0 Å². The van der Waals surface area contributed by atoms with Crippen LogP contribution in [0.2, 0.25) is 0 Å². The average Bonchev–Trinajstić information content (AvgIpc) is 2.85. The van der Waals surface area contributed by atoms with Gasteiger partial charge >= 0.3 is 11.9 Å². The Hall–Kier alpha value is -1.14. The monoisotopic (exact) mass is 579 g/mol. The van der Waals surface area contributed by atoms with Gasteiger partial charge in [0.2, 0.25) is 0 Å². The molecular weight excluding hydrogens is 512 g/mol. The maximum atomic E-state index is 12.5. The molecule has 240 valence electrons. The molecule has 0 aromatic carbocycles. The van der Waals surface area contributed by atoms with Crippen molar-refractivity contribution in [2.24, 2.45) is 0 Å². The topological polar surface area (TPSA) is 59.1 Å². The largest absolute Gasteiger partial charge is 0.367 e. The zero-order chi connectivity index (χ0) is 30.6. The molecule has 41 heavy (non-hydrogen) atoms. The van der Waals surface area contributed by atoms with Gasteiger partial charge in [0, 0.05) is 12.8 Å². The zero-order valence-corrected chi connectivity index (χ0v) is 28.4. The highest BCUT2D eigenvalue weighted by Crippen LogP contribution is 2.39. The lowest BCUT2D eigenvalue weighted by Crippen LogP contribution is -2.58. The number of rotatable bonds is 18. The number of carbonyl (C=O) groups excluding carboxylic acids is 2. The zero-order valence-electron chi connectivity index (χ0n) is 28.4. The molecule has 2 aliphatic rings. The minimum atomic E-state index is -0.0879. The molecule has 0 atom stereocenters. The Bertz CT molecular complexity index is 693. The van der Waals surface area contributed by atoms with E-state index in [0.29, 0.717) is 12.8 Å². The van der Waals surface area contributed by atoms with Crippen LogP contribution in [0.15, 0.2) is 0 Å². The van der Waals surface area contributed by atoms with Crippen molar-refractivity contribution < 1.29 is 19.3 Å². The van der Waals surface area contributed by atoms with Crippen LogP contribution in [0, 0.1) is 0 Å². The van der Waals surface area contributed by atoms with Crippen molar-refractivity contribution in [3.05, 3.63) is 0 Å². The minimum Gasteiger partial charge on any atom is -0.367 e. The van der Waals surface area contributed by atoms with E-state index in [1.807, 2.05) is 10.1 Å². The summed E-state index contributed by atoms with van der Waals surface area (Å²) in [7, 11) is 0. The molecule has 2 saturated heterocycles. The van der Waals surface area contributed by atoms with Crippen LogP contribution in [0.1, 0.15) is 190 Å². The Morgan fingerprint density at radius 3 is 0.902 bits per heavy atom. The summed E-state index contributed by atoms with van der Waals surface area (Å²) in [4.78, 5) is 36.6. The predicted molar refractivity (Wildman–Crippen MR) is 169 cm³/mol. The fraction of sp³-hybridized carbons (Fsp3) is 0.943. The Morgan fingerprint density at radius 1 is 0.439 bits per heavy atom. The molecule has 0 radical (unpaired) electrons. The van der Waals surface area contributed by atoms with Crippen LogP contribution in [-0.2, 0) is 19.3 Å². The molecule has 2 aliphatic heterocycles. The van der Waals surface area contributed by atoms with E-state index in [1.54, 1.807) is 0 Å². The molecule has 0 saturated carbocycles. The molecular formula is C35H66N2O4. The Kier molecular flexibility index (Phi) is 14.6. The van der Waals surface area contributed by atoms with Gasteiger partial charge in [-0.25, -0.2) is 0 Å². The molecule has 0 N–H and O–H groups in total.